The summed E-state index contributed by atoms with van der Waals surface area (Å²) in [5.74, 6) is 0. The summed E-state index contributed by atoms with van der Waals surface area (Å²) in [7, 11) is 0. The van der Waals surface area contributed by atoms with Gasteiger partial charge >= 0.3 is 0 Å². The third-order valence-corrected chi connectivity index (χ3v) is 3.21. The highest BCUT2D eigenvalue weighted by molar-refractivity contribution is 6.35. The van der Waals surface area contributed by atoms with Gasteiger partial charge in [-0.2, -0.15) is 0 Å². The second kappa shape index (κ2) is 6.60. The summed E-state index contributed by atoms with van der Waals surface area (Å²) in [5.41, 5.74) is 0.719. The van der Waals surface area contributed by atoms with Crippen LogP contribution in [0.25, 0.3) is 0 Å². The van der Waals surface area contributed by atoms with E-state index in [1.165, 1.54) is 0 Å². The van der Waals surface area contributed by atoms with Crippen molar-refractivity contribution in [1.82, 2.24) is 5.32 Å². The highest BCUT2D eigenvalue weighted by Crippen LogP contribution is 2.29. The van der Waals surface area contributed by atoms with Crippen LogP contribution in [0.15, 0.2) is 18.2 Å². The van der Waals surface area contributed by atoms with Crippen molar-refractivity contribution in [2.24, 2.45) is 0 Å². The van der Waals surface area contributed by atoms with Gasteiger partial charge in [-0.25, -0.2) is 0 Å². The van der Waals surface area contributed by atoms with Gasteiger partial charge in [0.25, 0.3) is 0 Å². The van der Waals surface area contributed by atoms with Crippen LogP contribution in [0.3, 0.4) is 0 Å². The van der Waals surface area contributed by atoms with E-state index < -0.39 is 6.10 Å². The van der Waals surface area contributed by atoms with Crippen molar-refractivity contribution in [2.75, 3.05) is 0 Å². The van der Waals surface area contributed by atoms with Gasteiger partial charge in [-0.15, -0.1) is 0 Å². The average Bonchev–Trinajstić information content (AvgIpc) is 2.24. The van der Waals surface area contributed by atoms with E-state index in [4.69, 9.17) is 23.2 Å². The summed E-state index contributed by atoms with van der Waals surface area (Å²) in [6.45, 7) is 6.14. The van der Waals surface area contributed by atoms with Crippen LogP contribution in [0.1, 0.15) is 38.9 Å². The Kier molecular flexibility index (Phi) is 5.74. The first kappa shape index (κ1) is 14.8. The molecule has 0 aliphatic heterocycles. The van der Waals surface area contributed by atoms with E-state index >= 15 is 0 Å². The van der Waals surface area contributed by atoms with Crippen molar-refractivity contribution in [3.8, 4) is 0 Å². The Labute approximate surface area is 113 Å². The Morgan fingerprint density at radius 1 is 1.29 bits per heavy atom. The van der Waals surface area contributed by atoms with Crippen molar-refractivity contribution in [2.45, 2.75) is 45.4 Å². The molecule has 1 aromatic rings. The molecule has 0 radical (unpaired) electrons. The Bertz CT molecular complexity index is 368. The third kappa shape index (κ3) is 4.14. The quantitative estimate of drug-likeness (QED) is 0.857. The minimum absolute atomic E-state index is 0.00586. The van der Waals surface area contributed by atoms with Crippen LogP contribution in [-0.4, -0.2) is 17.2 Å². The fourth-order valence-corrected chi connectivity index (χ4v) is 2.34. The Hall–Kier alpha value is -0.280. The maximum absolute atomic E-state index is 10.3. The Morgan fingerprint density at radius 2 is 1.94 bits per heavy atom. The largest absolute Gasteiger partial charge is 0.387 e. The summed E-state index contributed by atoms with van der Waals surface area (Å²) < 4.78 is 0. The summed E-state index contributed by atoms with van der Waals surface area (Å²) >= 11 is 11.9. The van der Waals surface area contributed by atoms with Gasteiger partial charge < -0.3 is 10.4 Å². The number of aliphatic hydroxyl groups is 1. The first-order chi connectivity index (χ1) is 7.95. The molecule has 0 spiro atoms. The molecule has 2 N–H and O–H groups in total. The maximum Gasteiger partial charge on any atom is 0.0957 e. The van der Waals surface area contributed by atoms with Crippen LogP contribution in [-0.2, 0) is 0 Å². The second-order valence-corrected chi connectivity index (χ2v) is 5.29. The highest BCUT2D eigenvalue weighted by atomic mass is 35.5. The molecule has 2 nitrogen and oxygen atoms in total. The number of nitrogens with one attached hydrogen (secondary N) is 1. The first-order valence-corrected chi connectivity index (χ1v) is 6.60. The van der Waals surface area contributed by atoms with Gasteiger partial charge in [0.15, 0.2) is 0 Å². The molecule has 0 amide bonds. The summed E-state index contributed by atoms with van der Waals surface area (Å²) in [6.07, 6.45) is 0.213. The van der Waals surface area contributed by atoms with Crippen LogP contribution in [0.2, 0.25) is 10.0 Å². The smallest absolute Gasteiger partial charge is 0.0957 e. The SMILES string of the molecule is CCC(NC(C)C)C(O)c1ccc(Cl)cc1Cl. The van der Waals surface area contributed by atoms with E-state index in [1.807, 2.05) is 6.92 Å². The lowest BCUT2D eigenvalue weighted by atomic mass is 9.99. The number of hydrogen-bond donors (Lipinski definition) is 2. The average molecular weight is 276 g/mol. The van der Waals surface area contributed by atoms with Gasteiger partial charge in [0.05, 0.1) is 6.10 Å². The molecule has 0 bridgehead atoms. The first-order valence-electron chi connectivity index (χ1n) is 5.84. The van der Waals surface area contributed by atoms with Gasteiger partial charge in [-0.3, -0.25) is 0 Å². The lowest BCUT2D eigenvalue weighted by Crippen LogP contribution is -2.38. The van der Waals surface area contributed by atoms with Gasteiger partial charge in [-0.1, -0.05) is 50.0 Å². The van der Waals surface area contributed by atoms with Gasteiger partial charge in [0.2, 0.25) is 0 Å². The van der Waals surface area contributed by atoms with Crippen LogP contribution in [0.4, 0.5) is 0 Å². The molecule has 1 aromatic carbocycles. The summed E-state index contributed by atoms with van der Waals surface area (Å²) in [6, 6.07) is 5.49. The molecular formula is C13H19Cl2NO. The monoisotopic (exact) mass is 275 g/mol. The van der Waals surface area contributed by atoms with E-state index in [0.717, 1.165) is 12.0 Å². The fourth-order valence-electron chi connectivity index (χ4n) is 1.82. The molecule has 17 heavy (non-hydrogen) atoms. The minimum Gasteiger partial charge on any atom is -0.387 e. The second-order valence-electron chi connectivity index (χ2n) is 4.45. The summed E-state index contributed by atoms with van der Waals surface area (Å²) in [5, 5.41) is 14.7. The maximum atomic E-state index is 10.3. The lowest BCUT2D eigenvalue weighted by Gasteiger charge is -2.26. The van der Waals surface area contributed by atoms with E-state index in [1.54, 1.807) is 18.2 Å². The van der Waals surface area contributed by atoms with E-state index in [0.29, 0.717) is 16.1 Å². The predicted molar refractivity (Wildman–Crippen MR) is 73.8 cm³/mol. The number of hydrogen-bond acceptors (Lipinski definition) is 2. The number of aliphatic hydroxyl groups excluding tert-OH is 1. The minimum atomic E-state index is -0.618. The molecule has 0 aromatic heterocycles. The molecular weight excluding hydrogens is 257 g/mol. The van der Waals surface area contributed by atoms with Crippen molar-refractivity contribution in [1.29, 1.82) is 0 Å². The standard InChI is InChI=1S/C13H19Cl2NO/c1-4-12(16-8(2)3)13(17)10-6-5-9(14)7-11(10)15/h5-8,12-13,16-17H,4H2,1-3H3. The van der Waals surface area contributed by atoms with Crippen molar-refractivity contribution >= 4 is 23.2 Å². The van der Waals surface area contributed by atoms with Crippen LogP contribution in [0, 0.1) is 0 Å². The zero-order valence-electron chi connectivity index (χ0n) is 10.4. The molecule has 0 aliphatic rings. The molecule has 0 aliphatic carbocycles. The van der Waals surface area contributed by atoms with Gasteiger partial charge in [0, 0.05) is 27.7 Å². The summed E-state index contributed by atoms with van der Waals surface area (Å²) in [4.78, 5) is 0. The molecule has 96 valence electrons. The number of benzene rings is 1. The Morgan fingerprint density at radius 3 is 2.41 bits per heavy atom. The fraction of sp³-hybridized carbons (Fsp3) is 0.538. The van der Waals surface area contributed by atoms with Gasteiger partial charge in [-0.05, 0) is 18.6 Å². The molecule has 0 heterocycles. The Balaban J connectivity index is 2.89. The van der Waals surface area contributed by atoms with Crippen molar-refractivity contribution < 1.29 is 5.11 Å². The van der Waals surface area contributed by atoms with E-state index in [9.17, 15) is 5.11 Å². The van der Waals surface area contributed by atoms with Crippen molar-refractivity contribution in [3.63, 3.8) is 0 Å². The zero-order valence-corrected chi connectivity index (χ0v) is 11.9. The molecule has 0 fully saturated rings. The molecule has 4 heteroatoms. The van der Waals surface area contributed by atoms with E-state index in [-0.39, 0.29) is 6.04 Å². The van der Waals surface area contributed by atoms with Crippen molar-refractivity contribution in [3.05, 3.63) is 33.8 Å². The number of rotatable bonds is 5. The molecule has 1 rings (SSSR count). The predicted octanol–water partition coefficient (Wildman–Crippen LogP) is 3.80. The normalized spacial score (nSPS) is 15.0. The molecule has 0 saturated heterocycles. The highest BCUT2D eigenvalue weighted by Gasteiger charge is 2.21. The zero-order chi connectivity index (χ0) is 13.0. The molecule has 0 saturated carbocycles. The molecule has 2 unspecified atom stereocenters. The topological polar surface area (TPSA) is 32.3 Å². The lowest BCUT2D eigenvalue weighted by molar-refractivity contribution is 0.121. The molecule has 2 atom stereocenters. The van der Waals surface area contributed by atoms with Crippen LogP contribution in [0.5, 0.6) is 0 Å². The third-order valence-electron chi connectivity index (χ3n) is 2.65. The number of halogens is 2. The van der Waals surface area contributed by atoms with Crippen LogP contribution < -0.4 is 5.32 Å². The van der Waals surface area contributed by atoms with Gasteiger partial charge in [0.1, 0.15) is 0 Å². The van der Waals surface area contributed by atoms with Crippen LogP contribution >= 0.6 is 23.2 Å². The van der Waals surface area contributed by atoms with E-state index in [2.05, 4.69) is 19.2 Å².